The van der Waals surface area contributed by atoms with E-state index < -0.39 is 0 Å². The third kappa shape index (κ3) is 3.15. The van der Waals surface area contributed by atoms with Gasteiger partial charge in [-0.15, -0.1) is 0 Å². The van der Waals surface area contributed by atoms with Crippen molar-refractivity contribution in [3.05, 3.63) is 17.7 Å². The minimum atomic E-state index is 0.705. The van der Waals surface area contributed by atoms with Gasteiger partial charge >= 0.3 is 0 Å². The third-order valence-electron chi connectivity index (χ3n) is 4.92. The molecule has 2 saturated heterocycles. The number of rotatable bonds is 3. The Balaban J connectivity index is 1.66. The van der Waals surface area contributed by atoms with Crippen molar-refractivity contribution in [1.29, 1.82) is 0 Å². The van der Waals surface area contributed by atoms with Crippen LogP contribution in [0.1, 0.15) is 18.4 Å². The summed E-state index contributed by atoms with van der Waals surface area (Å²) in [6, 6.07) is 4.80. The summed E-state index contributed by atoms with van der Waals surface area (Å²) in [7, 11) is 1.68. The Morgan fingerprint density at radius 2 is 1.82 bits per heavy atom. The predicted octanol–water partition coefficient (Wildman–Crippen LogP) is 1.89. The summed E-state index contributed by atoms with van der Waals surface area (Å²) in [6.07, 6.45) is 2.43. The van der Waals surface area contributed by atoms with Gasteiger partial charge in [-0.05, 0) is 31.4 Å². The Labute approximate surface area is 133 Å². The lowest BCUT2D eigenvalue weighted by molar-refractivity contribution is 0.0115. The lowest BCUT2D eigenvalue weighted by Crippen LogP contribution is -2.49. The highest BCUT2D eigenvalue weighted by Crippen LogP contribution is 2.33. The first-order valence-electron chi connectivity index (χ1n) is 8.20. The van der Waals surface area contributed by atoms with Crippen molar-refractivity contribution in [2.75, 3.05) is 57.1 Å². The first-order chi connectivity index (χ1) is 10.7. The number of aryl methyl sites for hydroxylation is 1. The van der Waals surface area contributed by atoms with Gasteiger partial charge < -0.3 is 20.1 Å². The fourth-order valence-electron chi connectivity index (χ4n) is 3.63. The van der Waals surface area contributed by atoms with Crippen molar-refractivity contribution in [3.8, 4) is 5.75 Å². The maximum atomic E-state index is 5.99. The molecular formula is C17H27N3O2. The zero-order valence-corrected chi connectivity index (χ0v) is 13.7. The molecule has 2 N–H and O–H groups in total. The largest absolute Gasteiger partial charge is 0.495 e. The second-order valence-electron chi connectivity index (χ2n) is 6.25. The van der Waals surface area contributed by atoms with Gasteiger partial charge in [-0.3, -0.25) is 4.90 Å². The molecule has 2 heterocycles. The molecule has 0 aromatic heterocycles. The fraction of sp³-hybridized carbons (Fsp3) is 0.647. The molecule has 0 saturated carbocycles. The van der Waals surface area contributed by atoms with E-state index in [4.69, 9.17) is 15.2 Å². The Morgan fingerprint density at radius 1 is 1.14 bits per heavy atom. The van der Waals surface area contributed by atoms with Crippen LogP contribution in [0.25, 0.3) is 0 Å². The summed E-state index contributed by atoms with van der Waals surface area (Å²) >= 11 is 0. The number of nitrogens with zero attached hydrogens (tertiary/aromatic N) is 2. The molecule has 5 nitrogen and oxygen atoms in total. The molecule has 0 bridgehead atoms. The molecular weight excluding hydrogens is 278 g/mol. The molecule has 0 atom stereocenters. The van der Waals surface area contributed by atoms with Crippen molar-refractivity contribution in [3.63, 3.8) is 0 Å². The molecule has 1 aromatic carbocycles. The highest BCUT2D eigenvalue weighted by Gasteiger charge is 2.26. The van der Waals surface area contributed by atoms with E-state index in [1.54, 1.807) is 7.11 Å². The number of hydrogen-bond acceptors (Lipinski definition) is 5. The maximum absolute atomic E-state index is 5.99. The quantitative estimate of drug-likeness (QED) is 0.864. The number of morpholine rings is 1. The van der Waals surface area contributed by atoms with Crippen molar-refractivity contribution < 1.29 is 9.47 Å². The van der Waals surface area contributed by atoms with E-state index >= 15 is 0 Å². The summed E-state index contributed by atoms with van der Waals surface area (Å²) in [5.41, 5.74) is 9.18. The number of methoxy groups -OCH3 is 1. The van der Waals surface area contributed by atoms with Gasteiger partial charge in [0.15, 0.2) is 0 Å². The lowest BCUT2D eigenvalue weighted by Gasteiger charge is -2.41. The number of anilines is 2. The Kier molecular flexibility index (Phi) is 4.74. The van der Waals surface area contributed by atoms with Crippen molar-refractivity contribution in [1.82, 2.24) is 4.90 Å². The van der Waals surface area contributed by atoms with Crippen LogP contribution >= 0.6 is 0 Å². The van der Waals surface area contributed by atoms with Crippen LogP contribution in [0.5, 0.6) is 5.75 Å². The van der Waals surface area contributed by atoms with E-state index in [0.29, 0.717) is 11.7 Å². The zero-order valence-electron chi connectivity index (χ0n) is 13.7. The van der Waals surface area contributed by atoms with Crippen LogP contribution in [0.15, 0.2) is 12.1 Å². The highest BCUT2D eigenvalue weighted by atomic mass is 16.5. The second-order valence-corrected chi connectivity index (χ2v) is 6.25. The molecule has 122 valence electrons. The predicted molar refractivity (Wildman–Crippen MR) is 89.8 cm³/mol. The molecule has 1 aromatic rings. The SMILES string of the molecule is COc1cc(N2CCC(N3CCOCC3)CC2)c(C)cc1N. The Hall–Kier alpha value is -1.46. The van der Waals surface area contributed by atoms with Gasteiger partial charge in [0, 0.05) is 44.0 Å². The standard InChI is InChI=1S/C17H27N3O2/c1-13-11-15(18)17(21-2)12-16(13)20-5-3-14(4-6-20)19-7-9-22-10-8-19/h11-12,14H,3-10,18H2,1-2H3. The van der Waals surface area contributed by atoms with Gasteiger partial charge in [0.25, 0.3) is 0 Å². The number of hydrogen-bond donors (Lipinski definition) is 1. The van der Waals surface area contributed by atoms with Gasteiger partial charge in [-0.1, -0.05) is 0 Å². The first kappa shape index (κ1) is 15.4. The molecule has 0 spiro atoms. The lowest BCUT2D eigenvalue weighted by atomic mass is 10.0. The monoisotopic (exact) mass is 305 g/mol. The van der Waals surface area contributed by atoms with Crippen molar-refractivity contribution in [2.24, 2.45) is 0 Å². The number of ether oxygens (including phenoxy) is 2. The molecule has 0 unspecified atom stereocenters. The molecule has 0 aliphatic carbocycles. The van der Waals surface area contributed by atoms with Crippen LogP contribution in [0.3, 0.4) is 0 Å². The second kappa shape index (κ2) is 6.75. The number of benzene rings is 1. The zero-order chi connectivity index (χ0) is 15.5. The number of piperidine rings is 1. The molecule has 0 radical (unpaired) electrons. The number of nitrogens with two attached hydrogens (primary N) is 1. The van der Waals surface area contributed by atoms with Gasteiger partial charge in [0.05, 0.1) is 26.0 Å². The van der Waals surface area contributed by atoms with E-state index in [-0.39, 0.29) is 0 Å². The van der Waals surface area contributed by atoms with Crippen molar-refractivity contribution >= 4 is 11.4 Å². The fourth-order valence-corrected chi connectivity index (χ4v) is 3.63. The van der Waals surface area contributed by atoms with Gasteiger partial charge in [0.1, 0.15) is 5.75 Å². The highest BCUT2D eigenvalue weighted by molar-refractivity contribution is 5.66. The van der Waals surface area contributed by atoms with Crippen LogP contribution in [0, 0.1) is 6.92 Å². The molecule has 2 aliphatic rings. The summed E-state index contributed by atoms with van der Waals surface area (Å²) < 4.78 is 10.8. The summed E-state index contributed by atoms with van der Waals surface area (Å²) in [5, 5.41) is 0. The normalized spacial score (nSPS) is 21.1. The maximum Gasteiger partial charge on any atom is 0.143 e. The Bertz CT molecular complexity index is 507. The van der Waals surface area contributed by atoms with Gasteiger partial charge in [0.2, 0.25) is 0 Å². The summed E-state index contributed by atoms with van der Waals surface area (Å²) in [5.74, 6) is 0.774. The molecule has 2 aliphatic heterocycles. The van der Waals surface area contributed by atoms with Crippen LogP contribution in [-0.2, 0) is 4.74 Å². The van der Waals surface area contributed by atoms with E-state index in [1.165, 1.54) is 24.1 Å². The molecule has 3 rings (SSSR count). The van der Waals surface area contributed by atoms with Crippen LogP contribution < -0.4 is 15.4 Å². The molecule has 2 fully saturated rings. The van der Waals surface area contributed by atoms with Crippen LogP contribution in [-0.4, -0.2) is 57.4 Å². The van der Waals surface area contributed by atoms with Gasteiger partial charge in [-0.25, -0.2) is 0 Å². The van der Waals surface area contributed by atoms with Crippen LogP contribution in [0.4, 0.5) is 11.4 Å². The minimum Gasteiger partial charge on any atom is -0.495 e. The first-order valence-corrected chi connectivity index (χ1v) is 8.20. The third-order valence-corrected chi connectivity index (χ3v) is 4.92. The van der Waals surface area contributed by atoms with E-state index in [9.17, 15) is 0 Å². The molecule has 0 amide bonds. The van der Waals surface area contributed by atoms with Crippen LogP contribution in [0.2, 0.25) is 0 Å². The molecule has 22 heavy (non-hydrogen) atoms. The topological polar surface area (TPSA) is 51.0 Å². The summed E-state index contributed by atoms with van der Waals surface area (Å²) in [4.78, 5) is 5.06. The molecule has 5 heteroatoms. The van der Waals surface area contributed by atoms with E-state index in [0.717, 1.165) is 45.1 Å². The average Bonchev–Trinajstić information content (AvgIpc) is 2.56. The Morgan fingerprint density at radius 3 is 2.45 bits per heavy atom. The average molecular weight is 305 g/mol. The van der Waals surface area contributed by atoms with Crippen molar-refractivity contribution in [2.45, 2.75) is 25.8 Å². The number of nitrogen functional groups attached to an aromatic ring is 1. The van der Waals surface area contributed by atoms with Gasteiger partial charge in [-0.2, -0.15) is 0 Å². The van der Waals surface area contributed by atoms with E-state index in [2.05, 4.69) is 22.8 Å². The summed E-state index contributed by atoms with van der Waals surface area (Å²) in [6.45, 7) is 8.24. The smallest absolute Gasteiger partial charge is 0.143 e. The minimum absolute atomic E-state index is 0.705. The van der Waals surface area contributed by atoms with E-state index in [1.807, 2.05) is 6.07 Å².